The second-order valence-electron chi connectivity index (χ2n) is 12.7. The number of aromatic carboxylic acids is 1. The minimum Gasteiger partial charge on any atom is -0.478 e. The van der Waals surface area contributed by atoms with Crippen molar-refractivity contribution in [2.45, 2.75) is 71.1 Å². The smallest absolute Gasteiger partial charge is 0.335 e. The number of rotatable bonds is 9. The van der Waals surface area contributed by atoms with E-state index in [9.17, 15) is 14.7 Å². The lowest BCUT2D eigenvalue weighted by molar-refractivity contribution is -0.122. The summed E-state index contributed by atoms with van der Waals surface area (Å²) in [6.07, 6.45) is 4.34. The maximum atomic E-state index is 13.2. The molecule has 6 nitrogen and oxygen atoms in total. The van der Waals surface area contributed by atoms with E-state index in [1.165, 1.54) is 46.5 Å². The van der Waals surface area contributed by atoms with Crippen molar-refractivity contribution < 1.29 is 14.7 Å². The molecule has 0 bridgehead atoms. The molecule has 1 amide bonds. The summed E-state index contributed by atoms with van der Waals surface area (Å²) in [4.78, 5) is 27.4. The van der Waals surface area contributed by atoms with E-state index in [1.54, 1.807) is 12.1 Å². The van der Waals surface area contributed by atoms with E-state index >= 15 is 0 Å². The number of amides is 1. The van der Waals surface area contributed by atoms with Gasteiger partial charge in [0.05, 0.1) is 5.56 Å². The highest BCUT2D eigenvalue weighted by Gasteiger charge is 2.43. The molecule has 3 aromatic carbocycles. The number of hydrogen-bond donors (Lipinski definition) is 2. The van der Waals surface area contributed by atoms with Gasteiger partial charge in [0.1, 0.15) is 0 Å². The van der Waals surface area contributed by atoms with E-state index in [2.05, 4.69) is 59.0 Å². The summed E-state index contributed by atoms with van der Waals surface area (Å²) in [6.45, 7) is 7.61. The molecule has 0 radical (unpaired) electrons. The van der Waals surface area contributed by atoms with Crippen LogP contribution >= 0.6 is 0 Å². The first-order chi connectivity index (χ1) is 20.9. The minimum atomic E-state index is -0.918. The third-order valence-corrected chi connectivity index (χ3v) is 9.71. The molecule has 3 aliphatic rings. The number of aryl methyl sites for hydroxylation is 1. The molecule has 4 aromatic rings. The maximum absolute atomic E-state index is 13.2. The van der Waals surface area contributed by atoms with Gasteiger partial charge in [-0.25, -0.2) is 4.79 Å². The van der Waals surface area contributed by atoms with Crippen LogP contribution in [0.4, 0.5) is 0 Å². The number of benzene rings is 3. The molecule has 2 saturated carbocycles. The highest BCUT2D eigenvalue weighted by atomic mass is 16.4. The van der Waals surface area contributed by atoms with Crippen molar-refractivity contribution in [3.05, 3.63) is 118 Å². The number of fused-ring (bicyclic) bond motifs is 1. The van der Waals surface area contributed by atoms with E-state index in [0.717, 1.165) is 49.2 Å². The molecule has 2 N–H and O–H groups in total. The van der Waals surface area contributed by atoms with Crippen LogP contribution in [-0.4, -0.2) is 33.0 Å². The average Bonchev–Trinajstić information content (AvgIpc) is 3.95. The zero-order chi connectivity index (χ0) is 29.7. The normalized spacial score (nSPS) is 19.6. The van der Waals surface area contributed by atoms with Gasteiger partial charge in [0.25, 0.3) is 0 Å². The molecule has 1 aromatic heterocycles. The number of carbonyl (C=O) groups is 2. The summed E-state index contributed by atoms with van der Waals surface area (Å²) in [5.41, 5.74) is 11.4. The number of hydrogen-bond acceptors (Lipinski definition) is 3. The number of carboxylic acid groups (broad SMARTS) is 1. The SMILES string of the molecule is Cc1cc(CN2CCc3c(-c4cccc(C(=O)O)c4)ccc(CNC(=O)[C@@H]4C[C@@H]4c4ccccc4)c3C2)c(C)n1C1CC1. The largest absolute Gasteiger partial charge is 0.478 e. The number of aromatic nitrogens is 1. The Morgan fingerprint density at radius 3 is 2.51 bits per heavy atom. The zero-order valence-corrected chi connectivity index (χ0v) is 25.0. The summed E-state index contributed by atoms with van der Waals surface area (Å²) in [7, 11) is 0. The molecule has 2 fully saturated rings. The van der Waals surface area contributed by atoms with Crippen molar-refractivity contribution >= 4 is 11.9 Å². The molecule has 1 aliphatic heterocycles. The second kappa shape index (κ2) is 11.2. The van der Waals surface area contributed by atoms with Gasteiger partial charge in [0, 0.05) is 49.5 Å². The van der Waals surface area contributed by atoms with Crippen LogP contribution in [-0.2, 0) is 30.8 Å². The van der Waals surface area contributed by atoms with Crippen LogP contribution in [0.5, 0.6) is 0 Å². The molecule has 220 valence electrons. The first kappa shape index (κ1) is 27.7. The third kappa shape index (κ3) is 5.52. The van der Waals surface area contributed by atoms with Gasteiger partial charge in [0.2, 0.25) is 5.91 Å². The van der Waals surface area contributed by atoms with Crippen LogP contribution in [0.25, 0.3) is 11.1 Å². The Hall–Kier alpha value is -4.16. The standard InChI is InChI=1S/C37H39N3O3/c1-23-17-29(24(2)40(23)30-12-13-30)21-39-16-15-32-31(26-9-6-10-27(18-26)37(42)43)14-11-28(35(32)22-39)20-38-36(41)34-19-33(34)25-7-4-3-5-8-25/h3-11,14,17-18,30,33-34H,12-13,15-16,19-22H2,1-2H3,(H,38,41)(H,42,43)/t33-,34-/m1/s1. The lowest BCUT2D eigenvalue weighted by Gasteiger charge is -2.32. The molecule has 2 aliphatic carbocycles. The zero-order valence-electron chi connectivity index (χ0n) is 25.0. The highest BCUT2D eigenvalue weighted by Crippen LogP contribution is 2.47. The molecule has 2 heterocycles. The summed E-state index contributed by atoms with van der Waals surface area (Å²) in [6, 6.07) is 24.8. The molecule has 2 atom stereocenters. The second-order valence-corrected chi connectivity index (χ2v) is 12.7. The molecule has 0 saturated heterocycles. The van der Waals surface area contributed by atoms with Gasteiger partial charge in [-0.05, 0) is 103 Å². The number of nitrogens with one attached hydrogen (secondary N) is 1. The van der Waals surface area contributed by atoms with E-state index in [0.29, 0.717) is 24.1 Å². The van der Waals surface area contributed by atoms with Crippen LogP contribution < -0.4 is 5.32 Å². The number of nitrogens with zero attached hydrogens (tertiary/aromatic N) is 2. The Morgan fingerprint density at radius 1 is 0.930 bits per heavy atom. The number of carboxylic acids is 1. The van der Waals surface area contributed by atoms with Crippen LogP contribution in [0.3, 0.4) is 0 Å². The van der Waals surface area contributed by atoms with Gasteiger partial charge in [-0.3, -0.25) is 9.69 Å². The monoisotopic (exact) mass is 573 g/mol. The quantitative estimate of drug-likeness (QED) is 0.231. The van der Waals surface area contributed by atoms with Crippen molar-refractivity contribution in [2.75, 3.05) is 6.54 Å². The van der Waals surface area contributed by atoms with Crippen LogP contribution in [0.15, 0.2) is 72.8 Å². The fourth-order valence-electron chi connectivity index (χ4n) is 7.20. The Labute approximate surface area is 253 Å². The fourth-order valence-corrected chi connectivity index (χ4v) is 7.20. The Morgan fingerprint density at radius 2 is 1.74 bits per heavy atom. The van der Waals surface area contributed by atoms with Gasteiger partial charge in [-0.2, -0.15) is 0 Å². The van der Waals surface area contributed by atoms with E-state index < -0.39 is 5.97 Å². The Bertz CT molecular complexity index is 1700. The Balaban J connectivity index is 1.15. The predicted octanol–water partition coefficient (Wildman–Crippen LogP) is 6.78. The van der Waals surface area contributed by atoms with Gasteiger partial charge >= 0.3 is 5.97 Å². The average molecular weight is 574 g/mol. The fraction of sp³-hybridized carbons (Fsp3) is 0.351. The molecule has 7 rings (SSSR count). The number of carbonyl (C=O) groups excluding carboxylic acids is 1. The first-order valence-electron chi connectivity index (χ1n) is 15.6. The van der Waals surface area contributed by atoms with Crippen molar-refractivity contribution in [2.24, 2.45) is 5.92 Å². The van der Waals surface area contributed by atoms with Crippen LogP contribution in [0.2, 0.25) is 0 Å². The first-order valence-corrected chi connectivity index (χ1v) is 15.6. The third-order valence-electron chi connectivity index (χ3n) is 9.71. The van der Waals surface area contributed by atoms with Crippen molar-refractivity contribution in [3.63, 3.8) is 0 Å². The topological polar surface area (TPSA) is 74.6 Å². The summed E-state index contributed by atoms with van der Waals surface area (Å²) < 4.78 is 2.52. The lowest BCUT2D eigenvalue weighted by atomic mass is 9.87. The summed E-state index contributed by atoms with van der Waals surface area (Å²) >= 11 is 0. The Kier molecular flexibility index (Phi) is 7.18. The minimum absolute atomic E-state index is 0.0366. The molecular weight excluding hydrogens is 534 g/mol. The van der Waals surface area contributed by atoms with Gasteiger partial charge in [-0.15, -0.1) is 0 Å². The van der Waals surface area contributed by atoms with E-state index in [1.807, 2.05) is 30.3 Å². The van der Waals surface area contributed by atoms with E-state index in [4.69, 9.17) is 0 Å². The highest BCUT2D eigenvalue weighted by molar-refractivity contribution is 5.89. The summed E-state index contributed by atoms with van der Waals surface area (Å²) in [5, 5.41) is 12.9. The molecule has 0 spiro atoms. The van der Waals surface area contributed by atoms with Crippen molar-refractivity contribution in [1.29, 1.82) is 0 Å². The van der Waals surface area contributed by atoms with Crippen LogP contribution in [0, 0.1) is 19.8 Å². The lowest BCUT2D eigenvalue weighted by Crippen LogP contribution is -2.33. The van der Waals surface area contributed by atoms with Gasteiger partial charge in [-0.1, -0.05) is 54.6 Å². The molecule has 0 unspecified atom stereocenters. The molecular formula is C37H39N3O3. The van der Waals surface area contributed by atoms with Crippen LogP contribution in [0.1, 0.15) is 80.8 Å². The van der Waals surface area contributed by atoms with Crippen molar-refractivity contribution in [3.8, 4) is 11.1 Å². The summed E-state index contributed by atoms with van der Waals surface area (Å²) in [5.74, 6) is -0.446. The van der Waals surface area contributed by atoms with Gasteiger partial charge < -0.3 is 15.0 Å². The molecule has 6 heteroatoms. The van der Waals surface area contributed by atoms with E-state index in [-0.39, 0.29) is 11.8 Å². The molecule has 43 heavy (non-hydrogen) atoms. The maximum Gasteiger partial charge on any atom is 0.335 e. The van der Waals surface area contributed by atoms with Crippen molar-refractivity contribution in [1.82, 2.24) is 14.8 Å². The van der Waals surface area contributed by atoms with Gasteiger partial charge in [0.15, 0.2) is 0 Å². The predicted molar refractivity (Wildman–Crippen MR) is 168 cm³/mol.